The molecule has 7 nitrogen and oxygen atoms in total. The SMILES string of the molecule is CC(C)CC(C)(CN)NC(=O)c1ccc([N+](=O)[O-])n1C.Cl. The number of nitrogens with two attached hydrogens (primary N) is 1. The van der Waals surface area contributed by atoms with Crippen LogP contribution >= 0.6 is 12.4 Å². The van der Waals surface area contributed by atoms with Gasteiger partial charge in [-0.25, -0.2) is 4.57 Å². The number of halogens is 1. The molecule has 1 atom stereocenters. The van der Waals surface area contributed by atoms with Gasteiger partial charge in [0.25, 0.3) is 5.91 Å². The van der Waals surface area contributed by atoms with E-state index in [1.165, 1.54) is 23.7 Å². The average molecular weight is 319 g/mol. The molecular formula is C13H23ClN4O3. The van der Waals surface area contributed by atoms with Gasteiger partial charge in [-0.2, -0.15) is 0 Å². The molecule has 3 N–H and O–H groups in total. The Morgan fingerprint density at radius 3 is 2.48 bits per heavy atom. The first-order valence-electron chi connectivity index (χ1n) is 6.53. The van der Waals surface area contributed by atoms with Crippen molar-refractivity contribution in [3.63, 3.8) is 0 Å². The van der Waals surface area contributed by atoms with E-state index in [0.717, 1.165) is 6.42 Å². The van der Waals surface area contributed by atoms with Gasteiger partial charge in [-0.05, 0) is 30.3 Å². The van der Waals surface area contributed by atoms with Crippen molar-refractivity contribution in [1.82, 2.24) is 9.88 Å². The van der Waals surface area contributed by atoms with Gasteiger partial charge < -0.3 is 21.2 Å². The van der Waals surface area contributed by atoms with Crippen molar-refractivity contribution in [3.05, 3.63) is 27.9 Å². The number of nitrogens with zero attached hydrogens (tertiary/aromatic N) is 2. The molecule has 0 aliphatic rings. The molecule has 8 heteroatoms. The van der Waals surface area contributed by atoms with Gasteiger partial charge >= 0.3 is 5.82 Å². The molecule has 1 amide bonds. The first kappa shape index (κ1) is 19.4. The highest BCUT2D eigenvalue weighted by Crippen LogP contribution is 2.18. The normalized spacial score (nSPS) is 13.4. The van der Waals surface area contributed by atoms with E-state index >= 15 is 0 Å². The van der Waals surface area contributed by atoms with Gasteiger partial charge in [-0.15, -0.1) is 12.4 Å². The summed E-state index contributed by atoms with van der Waals surface area (Å²) in [6, 6.07) is 2.76. The number of amides is 1. The van der Waals surface area contributed by atoms with Crippen molar-refractivity contribution in [1.29, 1.82) is 0 Å². The topological polar surface area (TPSA) is 103 Å². The van der Waals surface area contributed by atoms with Crippen LogP contribution in [0.2, 0.25) is 0 Å². The Hall–Kier alpha value is -1.60. The minimum atomic E-state index is -0.524. The van der Waals surface area contributed by atoms with Crippen molar-refractivity contribution in [2.45, 2.75) is 32.7 Å². The smallest absolute Gasteiger partial charge is 0.323 e. The van der Waals surface area contributed by atoms with Crippen LogP contribution in [0.1, 0.15) is 37.7 Å². The summed E-state index contributed by atoms with van der Waals surface area (Å²) in [5.41, 5.74) is 5.47. The van der Waals surface area contributed by atoms with Crippen LogP contribution in [-0.2, 0) is 7.05 Å². The predicted octanol–water partition coefficient (Wildman–Crippen LogP) is 1.85. The second-order valence-electron chi connectivity index (χ2n) is 5.71. The van der Waals surface area contributed by atoms with E-state index in [9.17, 15) is 14.9 Å². The van der Waals surface area contributed by atoms with E-state index in [-0.39, 0.29) is 29.8 Å². The van der Waals surface area contributed by atoms with Crippen molar-refractivity contribution < 1.29 is 9.72 Å². The molecule has 0 radical (unpaired) electrons. The fourth-order valence-corrected chi connectivity index (χ4v) is 2.34. The molecule has 0 fully saturated rings. The summed E-state index contributed by atoms with van der Waals surface area (Å²) in [7, 11) is 1.50. The molecule has 0 bridgehead atoms. The summed E-state index contributed by atoms with van der Waals surface area (Å²) in [5.74, 6) is -0.0886. The number of carbonyl (C=O) groups excluding carboxylic acids is 1. The van der Waals surface area contributed by atoms with Gasteiger partial charge in [0.1, 0.15) is 0 Å². The van der Waals surface area contributed by atoms with E-state index in [4.69, 9.17) is 5.73 Å². The molecule has 1 unspecified atom stereocenters. The monoisotopic (exact) mass is 318 g/mol. The van der Waals surface area contributed by atoms with Crippen molar-refractivity contribution in [3.8, 4) is 0 Å². The summed E-state index contributed by atoms with van der Waals surface area (Å²) in [4.78, 5) is 22.5. The molecule has 0 aromatic carbocycles. The molecule has 0 aliphatic heterocycles. The zero-order valence-electron chi connectivity index (χ0n) is 12.8. The molecule has 0 saturated carbocycles. The van der Waals surface area contributed by atoms with Gasteiger partial charge in [0.15, 0.2) is 5.69 Å². The largest absolute Gasteiger partial charge is 0.358 e. The van der Waals surface area contributed by atoms with Gasteiger partial charge in [0.05, 0.1) is 12.6 Å². The molecule has 0 spiro atoms. The van der Waals surface area contributed by atoms with Gasteiger partial charge in [-0.1, -0.05) is 13.8 Å². The first-order valence-corrected chi connectivity index (χ1v) is 6.53. The lowest BCUT2D eigenvalue weighted by Crippen LogP contribution is -2.52. The predicted molar refractivity (Wildman–Crippen MR) is 83.7 cm³/mol. The summed E-state index contributed by atoms with van der Waals surface area (Å²) in [6.07, 6.45) is 0.738. The maximum absolute atomic E-state index is 12.2. The third-order valence-corrected chi connectivity index (χ3v) is 3.24. The van der Waals surface area contributed by atoms with Gasteiger partial charge in [0, 0.05) is 12.6 Å². The van der Waals surface area contributed by atoms with Crippen LogP contribution < -0.4 is 11.1 Å². The minimum Gasteiger partial charge on any atom is -0.358 e. The van der Waals surface area contributed by atoms with Crippen molar-refractivity contribution in [2.24, 2.45) is 18.7 Å². The fourth-order valence-electron chi connectivity index (χ4n) is 2.34. The number of carbonyl (C=O) groups is 1. The van der Waals surface area contributed by atoms with Crippen molar-refractivity contribution in [2.75, 3.05) is 6.54 Å². The third-order valence-electron chi connectivity index (χ3n) is 3.24. The lowest BCUT2D eigenvalue weighted by Gasteiger charge is -2.30. The molecule has 0 aliphatic carbocycles. The van der Waals surface area contributed by atoms with E-state index in [2.05, 4.69) is 5.32 Å². The minimum absolute atomic E-state index is 0. The maximum atomic E-state index is 12.2. The number of hydrogen-bond donors (Lipinski definition) is 2. The number of nitrogens with one attached hydrogen (secondary N) is 1. The summed E-state index contributed by atoms with van der Waals surface area (Å²) in [6.45, 7) is 6.28. The van der Waals surface area contributed by atoms with E-state index in [1.54, 1.807) is 0 Å². The van der Waals surface area contributed by atoms with Crippen LogP contribution in [0.3, 0.4) is 0 Å². The quantitative estimate of drug-likeness (QED) is 0.617. The Labute approximate surface area is 130 Å². The standard InChI is InChI=1S/C13H22N4O3.ClH/c1-9(2)7-13(3,8-14)15-12(18)10-5-6-11(16(10)4)17(19)20;/h5-6,9H,7-8,14H2,1-4H3,(H,15,18);1H. The Balaban J connectivity index is 0.00000400. The summed E-state index contributed by atoms with van der Waals surface area (Å²) >= 11 is 0. The zero-order valence-corrected chi connectivity index (χ0v) is 13.6. The number of nitro groups is 1. The zero-order chi connectivity index (χ0) is 15.5. The van der Waals surface area contributed by atoms with E-state index in [0.29, 0.717) is 12.5 Å². The summed E-state index contributed by atoms with van der Waals surface area (Å²) in [5, 5.41) is 13.7. The van der Waals surface area contributed by atoms with Crippen LogP contribution in [-0.4, -0.2) is 27.5 Å². The van der Waals surface area contributed by atoms with Crippen molar-refractivity contribution >= 4 is 24.1 Å². The number of aromatic nitrogens is 1. The number of rotatable bonds is 6. The molecule has 21 heavy (non-hydrogen) atoms. The Kier molecular flexibility index (Phi) is 6.85. The molecule has 1 aromatic heterocycles. The van der Waals surface area contributed by atoms with Gasteiger partial charge in [-0.3, -0.25) is 4.79 Å². The second kappa shape index (κ2) is 7.42. The van der Waals surface area contributed by atoms with Crippen LogP contribution in [0.25, 0.3) is 0 Å². The van der Waals surface area contributed by atoms with Crippen LogP contribution in [0, 0.1) is 16.0 Å². The molecule has 1 heterocycles. The fraction of sp³-hybridized carbons (Fsp3) is 0.615. The Morgan fingerprint density at radius 1 is 1.52 bits per heavy atom. The lowest BCUT2D eigenvalue weighted by molar-refractivity contribution is -0.391. The molecule has 120 valence electrons. The first-order chi connectivity index (χ1) is 9.20. The lowest BCUT2D eigenvalue weighted by atomic mass is 9.90. The Morgan fingerprint density at radius 2 is 2.10 bits per heavy atom. The summed E-state index contributed by atoms with van der Waals surface area (Å²) < 4.78 is 1.27. The second-order valence-corrected chi connectivity index (χ2v) is 5.71. The Bertz CT molecular complexity index is 516. The average Bonchev–Trinajstić information content (AvgIpc) is 2.70. The molecule has 1 aromatic rings. The maximum Gasteiger partial charge on any atom is 0.323 e. The van der Waals surface area contributed by atoms with E-state index < -0.39 is 10.5 Å². The molecule has 1 rings (SSSR count). The third kappa shape index (κ3) is 4.71. The molecule has 0 saturated heterocycles. The van der Waals surface area contributed by atoms with E-state index in [1.807, 2.05) is 20.8 Å². The van der Waals surface area contributed by atoms with Crippen LogP contribution in [0.4, 0.5) is 5.82 Å². The van der Waals surface area contributed by atoms with Crippen LogP contribution in [0.15, 0.2) is 12.1 Å². The molecular weight excluding hydrogens is 296 g/mol. The van der Waals surface area contributed by atoms with Crippen LogP contribution in [0.5, 0.6) is 0 Å². The van der Waals surface area contributed by atoms with Gasteiger partial charge in [0.2, 0.25) is 0 Å². The highest BCUT2D eigenvalue weighted by molar-refractivity contribution is 5.93. The highest BCUT2D eigenvalue weighted by Gasteiger charge is 2.29. The highest BCUT2D eigenvalue weighted by atomic mass is 35.5. The number of hydrogen-bond acceptors (Lipinski definition) is 4.